The average Bonchev–Trinajstić information content (AvgIpc) is 3.33. The highest BCUT2D eigenvalue weighted by Gasteiger charge is 2.24. The van der Waals surface area contributed by atoms with Gasteiger partial charge in [-0.25, -0.2) is 0 Å². The van der Waals surface area contributed by atoms with E-state index in [1.807, 2.05) is 12.3 Å². The Kier molecular flexibility index (Phi) is 8.91. The van der Waals surface area contributed by atoms with E-state index in [9.17, 15) is 0 Å². The molecule has 60 heavy (non-hydrogen) atoms. The number of pyridine rings is 1. The van der Waals surface area contributed by atoms with Crippen molar-refractivity contribution in [2.75, 3.05) is 0 Å². The lowest BCUT2D eigenvalue weighted by molar-refractivity contribution is 1.41. The van der Waals surface area contributed by atoms with Crippen LogP contribution in [0.4, 0.5) is 0 Å². The van der Waals surface area contributed by atoms with Crippen LogP contribution in [0.5, 0.6) is 0 Å². The van der Waals surface area contributed by atoms with Crippen LogP contribution in [0.25, 0.3) is 110 Å². The van der Waals surface area contributed by atoms with Crippen molar-refractivity contribution < 1.29 is 0 Å². The highest BCUT2D eigenvalue weighted by Crippen LogP contribution is 2.51. The molecule has 10 aromatic carbocycles. The minimum Gasteiger partial charge on any atom is -0.256 e. The molecular formula is C59H39N. The first-order chi connectivity index (χ1) is 29.8. The topological polar surface area (TPSA) is 12.9 Å². The van der Waals surface area contributed by atoms with Crippen molar-refractivity contribution in [3.8, 4) is 77.9 Å². The molecule has 1 aromatic heterocycles. The fourth-order valence-corrected chi connectivity index (χ4v) is 9.23. The third kappa shape index (κ3) is 6.16. The van der Waals surface area contributed by atoms with Crippen molar-refractivity contribution in [1.29, 1.82) is 0 Å². The van der Waals surface area contributed by atoms with Crippen LogP contribution < -0.4 is 0 Å². The first-order valence-electron chi connectivity index (χ1n) is 20.6. The maximum absolute atomic E-state index is 4.89. The first-order valence-corrected chi connectivity index (χ1v) is 20.6. The molecule has 0 aliphatic rings. The molecule has 1 heteroatoms. The summed E-state index contributed by atoms with van der Waals surface area (Å²) in [5.41, 5.74) is 17.7. The second kappa shape index (κ2) is 15.1. The molecule has 0 fully saturated rings. The average molecular weight is 762 g/mol. The van der Waals surface area contributed by atoms with E-state index in [1.54, 1.807) is 0 Å². The van der Waals surface area contributed by atoms with Crippen LogP contribution in [0, 0.1) is 0 Å². The van der Waals surface area contributed by atoms with Gasteiger partial charge in [-0.2, -0.15) is 0 Å². The molecule has 0 saturated heterocycles. The third-order valence-electron chi connectivity index (χ3n) is 11.9. The largest absolute Gasteiger partial charge is 0.256 e. The smallest absolute Gasteiger partial charge is 0.0702 e. The lowest BCUT2D eigenvalue weighted by Crippen LogP contribution is -1.98. The summed E-state index contributed by atoms with van der Waals surface area (Å²) < 4.78 is 0. The summed E-state index contributed by atoms with van der Waals surface area (Å²) in [6.45, 7) is 0. The zero-order chi connectivity index (χ0) is 39.8. The van der Waals surface area contributed by atoms with Gasteiger partial charge in [-0.1, -0.05) is 212 Å². The Morgan fingerprint density at radius 3 is 1.08 bits per heavy atom. The summed E-state index contributed by atoms with van der Waals surface area (Å²) in [6.07, 6.45) is 2.03. The van der Waals surface area contributed by atoms with E-state index in [0.717, 1.165) is 16.5 Å². The molecule has 11 aromatic rings. The zero-order valence-corrected chi connectivity index (χ0v) is 33.0. The van der Waals surface area contributed by atoms with Crippen LogP contribution in [0.2, 0.25) is 0 Å². The summed E-state index contributed by atoms with van der Waals surface area (Å²) in [5.74, 6) is 0. The summed E-state index contributed by atoms with van der Waals surface area (Å²) in [7, 11) is 0. The first kappa shape index (κ1) is 35.3. The maximum Gasteiger partial charge on any atom is 0.0702 e. The van der Waals surface area contributed by atoms with E-state index < -0.39 is 0 Å². The van der Waals surface area contributed by atoms with Gasteiger partial charge in [-0.3, -0.25) is 4.98 Å². The quantitative estimate of drug-likeness (QED) is 0.147. The molecule has 0 amide bonds. The number of rotatable bonds is 7. The van der Waals surface area contributed by atoms with E-state index >= 15 is 0 Å². The molecule has 0 saturated carbocycles. The molecule has 11 rings (SSSR count). The van der Waals surface area contributed by atoms with Gasteiger partial charge in [-0.15, -0.1) is 0 Å². The number of nitrogens with zero attached hydrogens (tertiary/aromatic N) is 1. The molecule has 280 valence electrons. The molecule has 0 bridgehead atoms. The van der Waals surface area contributed by atoms with Crippen molar-refractivity contribution in [1.82, 2.24) is 4.98 Å². The van der Waals surface area contributed by atoms with Crippen LogP contribution in [0.1, 0.15) is 0 Å². The summed E-state index contributed by atoms with van der Waals surface area (Å²) in [5, 5.41) is 6.02. The van der Waals surface area contributed by atoms with Crippen LogP contribution in [-0.2, 0) is 0 Å². The van der Waals surface area contributed by atoms with Gasteiger partial charge >= 0.3 is 0 Å². The lowest BCUT2D eigenvalue weighted by Gasteiger charge is -2.24. The van der Waals surface area contributed by atoms with Crippen molar-refractivity contribution in [2.45, 2.75) is 0 Å². The monoisotopic (exact) mass is 761 g/mol. The molecule has 1 heterocycles. The van der Waals surface area contributed by atoms with Gasteiger partial charge in [0.1, 0.15) is 0 Å². The minimum atomic E-state index is 1.00. The summed E-state index contributed by atoms with van der Waals surface area (Å²) in [6, 6.07) is 83.6. The number of hydrogen-bond acceptors (Lipinski definition) is 1. The van der Waals surface area contributed by atoms with E-state index in [-0.39, 0.29) is 0 Å². The second-order valence-corrected chi connectivity index (χ2v) is 15.4. The molecule has 0 atom stereocenters. The Balaban J connectivity index is 1.16. The van der Waals surface area contributed by atoms with Gasteiger partial charge in [0, 0.05) is 17.1 Å². The van der Waals surface area contributed by atoms with Gasteiger partial charge in [0.15, 0.2) is 0 Å². The molecule has 0 unspecified atom stereocenters. The highest BCUT2D eigenvalue weighted by atomic mass is 14.6. The second-order valence-electron chi connectivity index (χ2n) is 15.4. The SMILES string of the molecule is c1ccc(-c2cc(-c3ccc(-c4c5ccccc5c(-c5cnc6ccccc6c5)c5ccccc45)cc3)c(-c3ccccc3)c(-c3ccccc3)c2-c2ccccc2)cc1. The van der Waals surface area contributed by atoms with E-state index in [2.05, 4.69) is 224 Å². The Morgan fingerprint density at radius 2 is 0.583 bits per heavy atom. The predicted molar refractivity (Wildman–Crippen MR) is 255 cm³/mol. The fraction of sp³-hybridized carbons (Fsp3) is 0. The number of fused-ring (bicyclic) bond motifs is 3. The number of hydrogen-bond donors (Lipinski definition) is 0. The third-order valence-corrected chi connectivity index (χ3v) is 11.9. The van der Waals surface area contributed by atoms with Crippen LogP contribution in [0.15, 0.2) is 237 Å². The number of aromatic nitrogens is 1. The van der Waals surface area contributed by atoms with E-state index in [4.69, 9.17) is 4.98 Å². The Hall–Kier alpha value is -7.87. The zero-order valence-electron chi connectivity index (χ0n) is 33.0. The molecule has 0 aliphatic heterocycles. The van der Waals surface area contributed by atoms with Crippen LogP contribution >= 0.6 is 0 Å². The Morgan fingerprint density at radius 1 is 0.233 bits per heavy atom. The number of benzene rings is 10. The van der Waals surface area contributed by atoms with Gasteiger partial charge in [-0.05, 0) is 112 Å². The molecule has 0 N–H and O–H groups in total. The van der Waals surface area contributed by atoms with Crippen molar-refractivity contribution >= 4 is 32.4 Å². The molecule has 0 spiro atoms. The Labute approximate surface area is 350 Å². The van der Waals surface area contributed by atoms with Gasteiger partial charge in [0.2, 0.25) is 0 Å². The van der Waals surface area contributed by atoms with Crippen LogP contribution in [-0.4, -0.2) is 4.98 Å². The molecular weight excluding hydrogens is 723 g/mol. The van der Waals surface area contributed by atoms with Gasteiger partial charge in [0.05, 0.1) is 5.52 Å². The van der Waals surface area contributed by atoms with Gasteiger partial charge in [0.25, 0.3) is 0 Å². The minimum absolute atomic E-state index is 1.00. The predicted octanol–water partition coefficient (Wildman–Crippen LogP) is 16.2. The lowest BCUT2D eigenvalue weighted by atomic mass is 9.78. The van der Waals surface area contributed by atoms with E-state index in [0.29, 0.717) is 0 Å². The van der Waals surface area contributed by atoms with E-state index in [1.165, 1.54) is 93.9 Å². The summed E-state index contributed by atoms with van der Waals surface area (Å²) >= 11 is 0. The van der Waals surface area contributed by atoms with Crippen molar-refractivity contribution in [3.63, 3.8) is 0 Å². The Bertz CT molecular complexity index is 3260. The highest BCUT2D eigenvalue weighted by molar-refractivity contribution is 6.21. The van der Waals surface area contributed by atoms with Crippen molar-refractivity contribution in [2.24, 2.45) is 0 Å². The number of para-hydroxylation sites is 1. The van der Waals surface area contributed by atoms with Crippen molar-refractivity contribution in [3.05, 3.63) is 237 Å². The maximum atomic E-state index is 4.89. The molecule has 1 nitrogen and oxygen atoms in total. The molecule has 0 radical (unpaired) electrons. The summed E-state index contributed by atoms with van der Waals surface area (Å²) in [4.78, 5) is 4.89. The fourth-order valence-electron chi connectivity index (χ4n) is 9.23. The normalized spacial score (nSPS) is 11.3. The molecule has 0 aliphatic carbocycles. The van der Waals surface area contributed by atoms with Crippen LogP contribution in [0.3, 0.4) is 0 Å². The standard InChI is InChI=1S/C59H39N/c1-5-19-40(20-6-1)52-38-53(58(43-23-9-3-10-24-43)59(44-25-11-4-12-26-44)57(52)42-21-7-2-8-22-42)41-33-35-45(36-34-41)55-48-28-14-16-30-50(48)56(51-31-17-15-29-49(51)55)47-37-46-27-13-18-32-54(46)60-39-47/h1-39H. The van der Waals surface area contributed by atoms with Gasteiger partial charge < -0.3 is 0 Å².